The van der Waals surface area contributed by atoms with Crippen molar-refractivity contribution in [1.29, 1.82) is 0 Å². The number of aromatic nitrogens is 1. The fraction of sp³-hybridized carbons (Fsp3) is 0.217. The minimum Gasteiger partial charge on any atom is -0.478 e. The summed E-state index contributed by atoms with van der Waals surface area (Å²) >= 11 is 0. The monoisotopic (exact) mass is 360 g/mol. The summed E-state index contributed by atoms with van der Waals surface area (Å²) in [4.78, 5) is 16.2. The zero-order valence-corrected chi connectivity index (χ0v) is 15.9. The lowest BCUT2D eigenvalue weighted by Gasteiger charge is -2.23. The molecule has 0 amide bonds. The van der Waals surface area contributed by atoms with Crippen molar-refractivity contribution in [1.82, 2.24) is 4.98 Å². The second kappa shape index (κ2) is 8.04. The van der Waals surface area contributed by atoms with Gasteiger partial charge < -0.3 is 10.4 Å². The van der Waals surface area contributed by atoms with E-state index in [2.05, 4.69) is 30.2 Å². The molecule has 0 fully saturated rings. The SMILES string of the molecule is CCC(c1cccnc1)c1cccc(C(=O)O)c1Nc1cccc(C)c1C. The molecule has 2 N–H and O–H groups in total. The highest BCUT2D eigenvalue weighted by Gasteiger charge is 2.21. The minimum absolute atomic E-state index is 0.0608. The Labute approximate surface area is 159 Å². The van der Waals surface area contributed by atoms with E-state index < -0.39 is 5.97 Å². The van der Waals surface area contributed by atoms with E-state index in [9.17, 15) is 9.90 Å². The average molecular weight is 360 g/mol. The van der Waals surface area contributed by atoms with Crippen molar-refractivity contribution in [2.24, 2.45) is 0 Å². The van der Waals surface area contributed by atoms with Crippen LogP contribution in [-0.2, 0) is 0 Å². The number of benzene rings is 2. The number of carbonyl (C=O) groups is 1. The lowest BCUT2D eigenvalue weighted by molar-refractivity contribution is 0.0698. The summed E-state index contributed by atoms with van der Waals surface area (Å²) in [5, 5.41) is 13.2. The second-order valence-electron chi connectivity index (χ2n) is 6.69. The summed E-state index contributed by atoms with van der Waals surface area (Å²) in [6.45, 7) is 6.20. The summed E-state index contributed by atoms with van der Waals surface area (Å²) in [6.07, 6.45) is 4.44. The van der Waals surface area contributed by atoms with Crippen LogP contribution < -0.4 is 5.32 Å². The first-order valence-corrected chi connectivity index (χ1v) is 9.12. The first kappa shape index (κ1) is 18.6. The molecular formula is C23H24N2O2. The zero-order valence-electron chi connectivity index (χ0n) is 15.9. The van der Waals surface area contributed by atoms with Gasteiger partial charge >= 0.3 is 5.97 Å². The third-order valence-corrected chi connectivity index (χ3v) is 5.06. The van der Waals surface area contributed by atoms with Crippen LogP contribution in [-0.4, -0.2) is 16.1 Å². The predicted octanol–water partition coefficient (Wildman–Crippen LogP) is 5.68. The van der Waals surface area contributed by atoms with Gasteiger partial charge in [-0.05, 0) is 60.7 Å². The van der Waals surface area contributed by atoms with E-state index in [1.165, 1.54) is 0 Å². The molecule has 0 radical (unpaired) electrons. The number of carboxylic acid groups (broad SMARTS) is 1. The van der Waals surface area contributed by atoms with Gasteiger partial charge in [-0.1, -0.05) is 37.3 Å². The summed E-state index contributed by atoms with van der Waals surface area (Å²) in [5.74, 6) is -0.878. The van der Waals surface area contributed by atoms with Gasteiger partial charge in [-0.15, -0.1) is 0 Å². The number of nitrogens with one attached hydrogen (secondary N) is 1. The number of hydrogen-bond acceptors (Lipinski definition) is 3. The van der Waals surface area contributed by atoms with Crippen molar-refractivity contribution in [3.05, 3.63) is 88.7 Å². The van der Waals surface area contributed by atoms with Gasteiger partial charge in [-0.25, -0.2) is 4.79 Å². The molecule has 0 aliphatic rings. The summed E-state index contributed by atoms with van der Waals surface area (Å²) in [6, 6.07) is 15.4. The molecule has 0 saturated heterocycles. The molecular weight excluding hydrogens is 336 g/mol. The van der Waals surface area contributed by atoms with Crippen LogP contribution in [0.5, 0.6) is 0 Å². The second-order valence-corrected chi connectivity index (χ2v) is 6.69. The molecule has 4 heteroatoms. The number of carboxylic acids is 1. The lowest BCUT2D eigenvalue weighted by atomic mass is 9.87. The Balaban J connectivity index is 2.16. The molecule has 0 aliphatic heterocycles. The lowest BCUT2D eigenvalue weighted by Crippen LogP contribution is -2.10. The third-order valence-electron chi connectivity index (χ3n) is 5.06. The fourth-order valence-electron chi connectivity index (χ4n) is 3.42. The van der Waals surface area contributed by atoms with Gasteiger partial charge in [0.2, 0.25) is 0 Å². The number of nitrogens with zero attached hydrogens (tertiary/aromatic N) is 1. The average Bonchev–Trinajstić information content (AvgIpc) is 2.67. The first-order chi connectivity index (χ1) is 13.0. The van der Waals surface area contributed by atoms with Gasteiger partial charge in [0, 0.05) is 24.0 Å². The van der Waals surface area contributed by atoms with Crippen molar-refractivity contribution in [3.8, 4) is 0 Å². The van der Waals surface area contributed by atoms with Crippen LogP contribution in [0.2, 0.25) is 0 Å². The van der Waals surface area contributed by atoms with Crippen molar-refractivity contribution < 1.29 is 9.90 Å². The number of para-hydroxylation sites is 1. The maximum atomic E-state index is 11.9. The van der Waals surface area contributed by atoms with Crippen LogP contribution >= 0.6 is 0 Å². The zero-order chi connectivity index (χ0) is 19.4. The first-order valence-electron chi connectivity index (χ1n) is 9.12. The van der Waals surface area contributed by atoms with Crippen LogP contribution in [0.3, 0.4) is 0 Å². The number of aromatic carboxylic acids is 1. The van der Waals surface area contributed by atoms with Crippen molar-refractivity contribution >= 4 is 17.3 Å². The Morgan fingerprint density at radius 3 is 2.56 bits per heavy atom. The molecule has 0 saturated carbocycles. The standard InChI is InChI=1S/C23H24N2O2/c1-4-18(17-9-7-13-24-14-17)19-10-6-11-20(23(26)27)22(19)25-21-12-5-8-15(2)16(21)3/h5-14,18,25H,4H2,1-3H3,(H,26,27). The molecule has 3 rings (SSSR count). The van der Waals surface area contributed by atoms with Gasteiger partial charge in [-0.2, -0.15) is 0 Å². The number of aryl methyl sites for hydroxylation is 1. The highest BCUT2D eigenvalue weighted by molar-refractivity contribution is 5.96. The van der Waals surface area contributed by atoms with Gasteiger partial charge in [0.15, 0.2) is 0 Å². The van der Waals surface area contributed by atoms with Gasteiger partial charge in [0.1, 0.15) is 0 Å². The van der Waals surface area contributed by atoms with E-state index in [-0.39, 0.29) is 11.5 Å². The smallest absolute Gasteiger partial charge is 0.337 e. The van der Waals surface area contributed by atoms with E-state index in [4.69, 9.17) is 0 Å². The van der Waals surface area contributed by atoms with Gasteiger partial charge in [-0.3, -0.25) is 4.98 Å². The quantitative estimate of drug-likeness (QED) is 0.593. The predicted molar refractivity (Wildman–Crippen MR) is 109 cm³/mol. The highest BCUT2D eigenvalue weighted by atomic mass is 16.4. The molecule has 1 heterocycles. The summed E-state index contributed by atoms with van der Waals surface area (Å²) < 4.78 is 0. The number of rotatable bonds is 6. The van der Waals surface area contributed by atoms with Crippen LogP contribution in [0.25, 0.3) is 0 Å². The molecule has 2 aromatic carbocycles. The summed E-state index contributed by atoms with van der Waals surface area (Å²) in [5.41, 5.74) is 6.15. The van der Waals surface area contributed by atoms with Crippen molar-refractivity contribution in [2.45, 2.75) is 33.1 Å². The van der Waals surface area contributed by atoms with Gasteiger partial charge in [0.05, 0.1) is 11.3 Å². The Morgan fingerprint density at radius 1 is 1.11 bits per heavy atom. The van der Waals surface area contributed by atoms with Crippen molar-refractivity contribution in [3.63, 3.8) is 0 Å². The molecule has 3 aromatic rings. The van der Waals surface area contributed by atoms with Crippen LogP contribution in [0, 0.1) is 13.8 Å². The van der Waals surface area contributed by atoms with E-state index in [0.717, 1.165) is 34.4 Å². The van der Waals surface area contributed by atoms with Crippen LogP contribution in [0.15, 0.2) is 60.9 Å². The van der Waals surface area contributed by atoms with Gasteiger partial charge in [0.25, 0.3) is 0 Å². The molecule has 1 unspecified atom stereocenters. The molecule has 4 nitrogen and oxygen atoms in total. The maximum absolute atomic E-state index is 11.9. The maximum Gasteiger partial charge on any atom is 0.337 e. The molecule has 0 aliphatic carbocycles. The summed E-state index contributed by atoms with van der Waals surface area (Å²) in [7, 11) is 0. The van der Waals surface area contributed by atoms with E-state index >= 15 is 0 Å². The topological polar surface area (TPSA) is 62.2 Å². The molecule has 138 valence electrons. The number of pyridine rings is 1. The molecule has 0 bridgehead atoms. The van der Waals surface area contributed by atoms with Crippen molar-refractivity contribution in [2.75, 3.05) is 5.32 Å². The minimum atomic E-state index is -0.939. The fourth-order valence-corrected chi connectivity index (χ4v) is 3.42. The normalized spacial score (nSPS) is 11.8. The Morgan fingerprint density at radius 2 is 1.89 bits per heavy atom. The molecule has 27 heavy (non-hydrogen) atoms. The highest BCUT2D eigenvalue weighted by Crippen LogP contribution is 2.37. The van der Waals surface area contributed by atoms with Crippen LogP contribution in [0.1, 0.15) is 51.9 Å². The third kappa shape index (κ3) is 3.85. The largest absolute Gasteiger partial charge is 0.478 e. The molecule has 0 spiro atoms. The molecule has 1 atom stereocenters. The number of hydrogen-bond donors (Lipinski definition) is 2. The molecule has 1 aromatic heterocycles. The van der Waals surface area contributed by atoms with Crippen LogP contribution in [0.4, 0.5) is 11.4 Å². The van der Waals surface area contributed by atoms with E-state index in [1.807, 2.05) is 49.5 Å². The number of anilines is 2. The van der Waals surface area contributed by atoms with E-state index in [0.29, 0.717) is 5.69 Å². The Hall–Kier alpha value is -3.14. The Bertz CT molecular complexity index is 952. The Kier molecular flexibility index (Phi) is 5.55. The van der Waals surface area contributed by atoms with E-state index in [1.54, 1.807) is 12.3 Å².